The Morgan fingerprint density at radius 1 is 1.60 bits per heavy atom. The molecule has 1 rings (SSSR count). The Morgan fingerprint density at radius 3 is 2.87 bits per heavy atom. The molecule has 0 saturated carbocycles. The smallest absolute Gasteiger partial charge is 0.340 e. The summed E-state index contributed by atoms with van der Waals surface area (Å²) >= 11 is 3.08. The second kappa shape index (κ2) is 5.11. The van der Waals surface area contributed by atoms with Crippen LogP contribution in [0.25, 0.3) is 0 Å². The van der Waals surface area contributed by atoms with Gasteiger partial charge in [-0.3, -0.25) is 0 Å². The van der Waals surface area contributed by atoms with E-state index in [1.165, 1.54) is 12.1 Å². The summed E-state index contributed by atoms with van der Waals surface area (Å²) in [6, 6.07) is 2.64. The third kappa shape index (κ3) is 2.92. The highest BCUT2D eigenvalue weighted by Gasteiger charge is 2.15. The van der Waals surface area contributed by atoms with Gasteiger partial charge in [0, 0.05) is 4.47 Å². The minimum atomic E-state index is -0.632. The molecule has 0 heterocycles. The van der Waals surface area contributed by atoms with Gasteiger partial charge in [-0.15, -0.1) is 0 Å². The summed E-state index contributed by atoms with van der Waals surface area (Å²) in [4.78, 5) is 11.4. The van der Waals surface area contributed by atoms with E-state index in [0.29, 0.717) is 17.5 Å². The van der Waals surface area contributed by atoms with Crippen LogP contribution in [0.4, 0.5) is 10.1 Å². The lowest BCUT2D eigenvalue weighted by molar-refractivity contribution is 0.0506. The Balaban J connectivity index is 2.98. The molecule has 0 atom stereocenters. The van der Waals surface area contributed by atoms with Gasteiger partial charge in [0.05, 0.1) is 17.9 Å². The molecule has 0 bridgehead atoms. The molecule has 0 saturated heterocycles. The van der Waals surface area contributed by atoms with Gasteiger partial charge in [-0.1, -0.05) is 22.9 Å². The lowest BCUT2D eigenvalue weighted by Gasteiger charge is -2.07. The van der Waals surface area contributed by atoms with Crippen molar-refractivity contribution in [2.75, 3.05) is 12.3 Å². The molecule has 15 heavy (non-hydrogen) atoms. The number of benzene rings is 1. The van der Waals surface area contributed by atoms with Gasteiger partial charge in [-0.2, -0.15) is 0 Å². The zero-order chi connectivity index (χ0) is 11.4. The van der Waals surface area contributed by atoms with E-state index < -0.39 is 11.8 Å². The average Bonchev–Trinajstić information content (AvgIpc) is 2.19. The van der Waals surface area contributed by atoms with Crippen LogP contribution in [0.1, 0.15) is 23.7 Å². The number of halogens is 2. The van der Waals surface area contributed by atoms with E-state index >= 15 is 0 Å². The summed E-state index contributed by atoms with van der Waals surface area (Å²) < 4.78 is 18.5. The van der Waals surface area contributed by atoms with Crippen LogP contribution in [0.3, 0.4) is 0 Å². The highest BCUT2D eigenvalue weighted by molar-refractivity contribution is 9.10. The second-order valence-electron chi connectivity index (χ2n) is 2.98. The van der Waals surface area contributed by atoms with Gasteiger partial charge in [0.25, 0.3) is 0 Å². The first-order valence-corrected chi connectivity index (χ1v) is 5.27. The van der Waals surface area contributed by atoms with Crippen molar-refractivity contribution in [1.82, 2.24) is 0 Å². The third-order valence-corrected chi connectivity index (χ3v) is 2.21. The molecule has 1 aromatic carbocycles. The van der Waals surface area contributed by atoms with E-state index in [0.717, 1.165) is 0 Å². The van der Waals surface area contributed by atoms with Crippen molar-refractivity contribution in [2.45, 2.75) is 13.3 Å². The van der Waals surface area contributed by atoms with Gasteiger partial charge >= 0.3 is 5.97 Å². The van der Waals surface area contributed by atoms with Crippen LogP contribution in [-0.4, -0.2) is 12.6 Å². The Kier molecular flexibility index (Phi) is 4.08. The van der Waals surface area contributed by atoms with Crippen molar-refractivity contribution in [2.24, 2.45) is 0 Å². The molecule has 82 valence electrons. The fourth-order valence-corrected chi connectivity index (χ4v) is 1.46. The number of nitrogens with two attached hydrogens (primary N) is 1. The number of hydrogen-bond acceptors (Lipinski definition) is 3. The van der Waals surface area contributed by atoms with Crippen LogP contribution in [0.2, 0.25) is 0 Å². The second-order valence-corrected chi connectivity index (χ2v) is 3.90. The molecule has 0 aliphatic rings. The zero-order valence-corrected chi connectivity index (χ0v) is 9.80. The molecular formula is C10H11BrFNO2. The number of carbonyl (C=O) groups is 1. The van der Waals surface area contributed by atoms with Gasteiger partial charge in [-0.25, -0.2) is 9.18 Å². The molecule has 0 aromatic heterocycles. The highest BCUT2D eigenvalue weighted by atomic mass is 79.9. The van der Waals surface area contributed by atoms with Gasteiger partial charge < -0.3 is 10.5 Å². The molecule has 0 aliphatic carbocycles. The monoisotopic (exact) mass is 275 g/mol. The topological polar surface area (TPSA) is 52.3 Å². The summed E-state index contributed by atoms with van der Waals surface area (Å²) in [5.74, 6) is -1.23. The summed E-state index contributed by atoms with van der Waals surface area (Å²) in [6.45, 7) is 2.17. The SMILES string of the molecule is CCCOC(=O)c1cc(Br)cc(F)c1N. The number of hydrogen-bond donors (Lipinski definition) is 1. The lowest BCUT2D eigenvalue weighted by Crippen LogP contribution is -2.10. The average molecular weight is 276 g/mol. The zero-order valence-electron chi connectivity index (χ0n) is 8.22. The minimum Gasteiger partial charge on any atom is -0.462 e. The van der Waals surface area contributed by atoms with Crippen molar-refractivity contribution >= 4 is 27.6 Å². The minimum absolute atomic E-state index is 0.0512. The van der Waals surface area contributed by atoms with E-state index in [1.807, 2.05) is 6.92 Å². The molecule has 0 unspecified atom stereocenters. The van der Waals surface area contributed by atoms with E-state index in [-0.39, 0.29) is 11.3 Å². The van der Waals surface area contributed by atoms with E-state index in [4.69, 9.17) is 10.5 Å². The van der Waals surface area contributed by atoms with Crippen LogP contribution < -0.4 is 5.73 Å². The maximum Gasteiger partial charge on any atom is 0.340 e. The van der Waals surface area contributed by atoms with Crippen LogP contribution in [0, 0.1) is 5.82 Å². The Bertz CT molecular complexity index is 382. The first-order valence-electron chi connectivity index (χ1n) is 4.48. The third-order valence-electron chi connectivity index (χ3n) is 1.75. The van der Waals surface area contributed by atoms with E-state index in [9.17, 15) is 9.18 Å². The summed E-state index contributed by atoms with van der Waals surface area (Å²) in [7, 11) is 0. The van der Waals surface area contributed by atoms with Crippen LogP contribution >= 0.6 is 15.9 Å². The largest absolute Gasteiger partial charge is 0.462 e. The molecule has 0 radical (unpaired) electrons. The maximum atomic E-state index is 13.2. The maximum absolute atomic E-state index is 13.2. The summed E-state index contributed by atoms with van der Waals surface area (Å²) in [5, 5.41) is 0. The standard InChI is InChI=1S/C10H11BrFNO2/c1-2-3-15-10(14)7-4-6(11)5-8(12)9(7)13/h4-5H,2-3,13H2,1H3. The Morgan fingerprint density at radius 2 is 2.27 bits per heavy atom. The molecule has 1 aromatic rings. The van der Waals surface area contributed by atoms with E-state index in [2.05, 4.69) is 15.9 Å². The van der Waals surface area contributed by atoms with Crippen LogP contribution in [-0.2, 0) is 4.74 Å². The predicted molar refractivity (Wildman–Crippen MR) is 59.1 cm³/mol. The molecule has 5 heteroatoms. The van der Waals surface area contributed by atoms with Crippen molar-refractivity contribution < 1.29 is 13.9 Å². The summed E-state index contributed by atoms with van der Waals surface area (Å²) in [5.41, 5.74) is 5.30. The number of ether oxygens (including phenoxy) is 1. The molecule has 3 nitrogen and oxygen atoms in total. The first kappa shape index (κ1) is 12.0. The fraction of sp³-hybridized carbons (Fsp3) is 0.300. The quantitative estimate of drug-likeness (QED) is 0.682. The van der Waals surface area contributed by atoms with Gasteiger partial charge in [0.15, 0.2) is 0 Å². The molecule has 0 spiro atoms. The molecular weight excluding hydrogens is 265 g/mol. The van der Waals surface area contributed by atoms with Crippen LogP contribution in [0.5, 0.6) is 0 Å². The van der Waals surface area contributed by atoms with Crippen LogP contribution in [0.15, 0.2) is 16.6 Å². The fourth-order valence-electron chi connectivity index (χ4n) is 1.03. The van der Waals surface area contributed by atoms with Crippen molar-refractivity contribution in [3.63, 3.8) is 0 Å². The molecule has 0 amide bonds. The number of carbonyl (C=O) groups excluding carboxylic acids is 1. The predicted octanol–water partition coefficient (Wildman–Crippen LogP) is 2.74. The first-order chi connectivity index (χ1) is 7.06. The highest BCUT2D eigenvalue weighted by Crippen LogP contribution is 2.23. The number of rotatable bonds is 3. The molecule has 2 N–H and O–H groups in total. The normalized spacial score (nSPS) is 10.1. The van der Waals surface area contributed by atoms with Crippen molar-refractivity contribution in [3.8, 4) is 0 Å². The number of anilines is 1. The molecule has 0 fully saturated rings. The van der Waals surface area contributed by atoms with E-state index in [1.54, 1.807) is 0 Å². The Hall–Kier alpha value is -1.10. The number of nitrogen functional groups attached to an aromatic ring is 1. The van der Waals surface area contributed by atoms with Gasteiger partial charge in [-0.05, 0) is 18.6 Å². The van der Waals surface area contributed by atoms with Gasteiger partial charge in [0.2, 0.25) is 0 Å². The van der Waals surface area contributed by atoms with Gasteiger partial charge in [0.1, 0.15) is 5.82 Å². The lowest BCUT2D eigenvalue weighted by atomic mass is 10.2. The Labute approximate surface area is 95.5 Å². The summed E-state index contributed by atoms with van der Waals surface area (Å²) in [6.07, 6.45) is 0.710. The van der Waals surface area contributed by atoms with Crippen molar-refractivity contribution in [1.29, 1.82) is 0 Å². The molecule has 0 aliphatic heterocycles. The van der Waals surface area contributed by atoms with Crippen molar-refractivity contribution in [3.05, 3.63) is 28.0 Å². The number of esters is 1.